The van der Waals surface area contributed by atoms with Gasteiger partial charge < -0.3 is 15.0 Å². The zero-order chi connectivity index (χ0) is 18.8. The summed E-state index contributed by atoms with van der Waals surface area (Å²) in [5, 5.41) is 2.70. The molecule has 1 atom stereocenters. The number of hydrogen-bond donors (Lipinski definition) is 1. The van der Waals surface area contributed by atoms with Crippen molar-refractivity contribution in [2.75, 3.05) is 25.6 Å². The van der Waals surface area contributed by atoms with Gasteiger partial charge in [-0.15, -0.1) is 11.6 Å². The lowest BCUT2D eigenvalue weighted by atomic mass is 10.1. The Hall–Kier alpha value is -2.08. The summed E-state index contributed by atoms with van der Waals surface area (Å²) in [5.41, 5.74) is 1.19. The highest BCUT2D eigenvalue weighted by Crippen LogP contribution is 2.13. The van der Waals surface area contributed by atoms with E-state index in [0.717, 1.165) is 6.42 Å². The van der Waals surface area contributed by atoms with Gasteiger partial charge in [0.25, 0.3) is 0 Å². The van der Waals surface area contributed by atoms with Gasteiger partial charge >= 0.3 is 5.97 Å². The molecule has 6 nitrogen and oxygen atoms in total. The Bertz CT molecular complexity index is 609. The number of aryl methyl sites for hydroxylation is 1. The highest BCUT2D eigenvalue weighted by molar-refractivity contribution is 6.17. The summed E-state index contributed by atoms with van der Waals surface area (Å²) < 4.78 is 5.25. The number of nitrogens with one attached hydrogen (secondary N) is 1. The van der Waals surface area contributed by atoms with Crippen LogP contribution in [0.3, 0.4) is 0 Å². The summed E-state index contributed by atoms with van der Waals surface area (Å²) in [5.74, 6) is -0.533. The molecule has 1 N–H and O–H groups in total. The Morgan fingerprint density at radius 1 is 1.23 bits per heavy atom. The van der Waals surface area contributed by atoms with Crippen LogP contribution in [-0.4, -0.2) is 54.3 Å². The molecule has 0 aliphatic carbocycles. The third kappa shape index (κ3) is 6.33. The van der Waals surface area contributed by atoms with Crippen molar-refractivity contribution in [2.24, 2.45) is 0 Å². The SMILES string of the molecule is O=C(CC1C(=O)NCCN1C(=O)CCCCl)OCCCc1ccccc1. The number of esters is 1. The number of piperazine rings is 1. The Kier molecular flexibility index (Phi) is 8.41. The largest absolute Gasteiger partial charge is 0.466 e. The topological polar surface area (TPSA) is 75.7 Å². The summed E-state index contributed by atoms with van der Waals surface area (Å²) in [7, 11) is 0. The summed E-state index contributed by atoms with van der Waals surface area (Å²) >= 11 is 5.62. The van der Waals surface area contributed by atoms with Crippen molar-refractivity contribution in [1.29, 1.82) is 0 Å². The molecule has 0 aromatic heterocycles. The number of carbonyl (C=O) groups excluding carboxylic acids is 3. The van der Waals surface area contributed by atoms with E-state index in [-0.39, 0.29) is 24.7 Å². The van der Waals surface area contributed by atoms with Crippen LogP contribution < -0.4 is 5.32 Å². The molecule has 1 aromatic rings. The Morgan fingerprint density at radius 3 is 2.73 bits per heavy atom. The molecule has 1 saturated heterocycles. The van der Waals surface area contributed by atoms with Crippen molar-refractivity contribution in [3.8, 4) is 0 Å². The van der Waals surface area contributed by atoms with Crippen LogP contribution in [0.4, 0.5) is 0 Å². The fourth-order valence-corrected chi connectivity index (χ4v) is 3.04. The molecule has 0 radical (unpaired) electrons. The maximum absolute atomic E-state index is 12.2. The second kappa shape index (κ2) is 10.8. The van der Waals surface area contributed by atoms with Gasteiger partial charge in [-0.1, -0.05) is 30.3 Å². The highest BCUT2D eigenvalue weighted by Gasteiger charge is 2.34. The predicted molar refractivity (Wildman–Crippen MR) is 98.8 cm³/mol. The zero-order valence-electron chi connectivity index (χ0n) is 14.8. The average Bonchev–Trinajstić information content (AvgIpc) is 2.65. The van der Waals surface area contributed by atoms with E-state index in [9.17, 15) is 14.4 Å². The maximum atomic E-state index is 12.2. The van der Waals surface area contributed by atoms with Crippen molar-refractivity contribution < 1.29 is 19.1 Å². The summed E-state index contributed by atoms with van der Waals surface area (Å²) in [6, 6.07) is 9.15. The molecule has 0 bridgehead atoms. The molecule has 1 aromatic carbocycles. The molecule has 0 spiro atoms. The third-order valence-corrected chi connectivity index (χ3v) is 4.52. The number of hydrogen-bond acceptors (Lipinski definition) is 4. The molecule has 1 aliphatic rings. The molecule has 2 amide bonds. The molecule has 1 heterocycles. The molecular formula is C19H25ClN2O4. The van der Waals surface area contributed by atoms with Gasteiger partial charge in [-0.25, -0.2) is 0 Å². The molecular weight excluding hydrogens is 356 g/mol. The molecule has 1 unspecified atom stereocenters. The van der Waals surface area contributed by atoms with Crippen LogP contribution in [0, 0.1) is 0 Å². The molecule has 7 heteroatoms. The minimum absolute atomic E-state index is 0.121. The monoisotopic (exact) mass is 380 g/mol. The minimum Gasteiger partial charge on any atom is -0.466 e. The van der Waals surface area contributed by atoms with Gasteiger partial charge in [-0.3, -0.25) is 14.4 Å². The van der Waals surface area contributed by atoms with Gasteiger partial charge in [0.1, 0.15) is 6.04 Å². The van der Waals surface area contributed by atoms with Crippen LogP contribution in [0.1, 0.15) is 31.2 Å². The fourth-order valence-electron chi connectivity index (χ4n) is 2.90. The van der Waals surface area contributed by atoms with E-state index in [1.165, 1.54) is 10.5 Å². The van der Waals surface area contributed by atoms with Crippen LogP contribution in [-0.2, 0) is 25.5 Å². The Morgan fingerprint density at radius 2 is 2.00 bits per heavy atom. The van der Waals surface area contributed by atoms with E-state index in [4.69, 9.17) is 16.3 Å². The quantitative estimate of drug-likeness (QED) is 0.403. The van der Waals surface area contributed by atoms with E-state index in [0.29, 0.717) is 38.4 Å². The molecule has 142 valence electrons. The van der Waals surface area contributed by atoms with Crippen LogP contribution >= 0.6 is 11.6 Å². The number of nitrogens with zero attached hydrogens (tertiary/aromatic N) is 1. The highest BCUT2D eigenvalue weighted by atomic mass is 35.5. The van der Waals surface area contributed by atoms with E-state index < -0.39 is 12.0 Å². The van der Waals surface area contributed by atoms with Crippen LogP contribution in [0.2, 0.25) is 0 Å². The van der Waals surface area contributed by atoms with Crippen molar-refractivity contribution in [3.05, 3.63) is 35.9 Å². The number of carbonyl (C=O) groups is 3. The normalized spacial score (nSPS) is 16.9. The molecule has 1 aliphatic heterocycles. The molecule has 0 saturated carbocycles. The van der Waals surface area contributed by atoms with Gasteiger partial charge in [0.05, 0.1) is 13.0 Å². The van der Waals surface area contributed by atoms with Crippen molar-refractivity contribution >= 4 is 29.4 Å². The van der Waals surface area contributed by atoms with Gasteiger partial charge in [0.15, 0.2) is 0 Å². The number of halogens is 1. The molecule has 1 fully saturated rings. The van der Waals surface area contributed by atoms with E-state index >= 15 is 0 Å². The lowest BCUT2D eigenvalue weighted by Gasteiger charge is -2.34. The first-order chi connectivity index (χ1) is 12.6. The van der Waals surface area contributed by atoms with Crippen LogP contribution in [0.25, 0.3) is 0 Å². The van der Waals surface area contributed by atoms with Gasteiger partial charge in [0, 0.05) is 25.4 Å². The number of rotatable bonds is 9. The van der Waals surface area contributed by atoms with E-state index in [2.05, 4.69) is 5.32 Å². The fraction of sp³-hybridized carbons (Fsp3) is 0.526. The van der Waals surface area contributed by atoms with Gasteiger partial charge in [-0.05, 0) is 24.8 Å². The smallest absolute Gasteiger partial charge is 0.308 e. The van der Waals surface area contributed by atoms with Crippen molar-refractivity contribution in [3.63, 3.8) is 0 Å². The number of benzene rings is 1. The first kappa shape index (κ1) is 20.2. The minimum atomic E-state index is -0.798. The second-order valence-corrected chi connectivity index (χ2v) is 6.58. The third-order valence-electron chi connectivity index (χ3n) is 4.25. The molecule has 26 heavy (non-hydrogen) atoms. The van der Waals surface area contributed by atoms with Crippen molar-refractivity contribution in [1.82, 2.24) is 10.2 Å². The first-order valence-corrected chi connectivity index (χ1v) is 9.48. The van der Waals surface area contributed by atoms with Crippen LogP contribution in [0.15, 0.2) is 30.3 Å². The lowest BCUT2D eigenvalue weighted by Crippen LogP contribution is -2.57. The Balaban J connectivity index is 1.78. The van der Waals surface area contributed by atoms with Crippen molar-refractivity contribution in [2.45, 2.75) is 38.1 Å². The summed E-state index contributed by atoms with van der Waals surface area (Å²) in [6.07, 6.45) is 2.24. The average molecular weight is 381 g/mol. The standard InChI is InChI=1S/C19H25ClN2O4/c20-10-4-9-17(23)22-12-11-21-19(25)16(22)14-18(24)26-13-5-8-15-6-2-1-3-7-15/h1-3,6-7,16H,4-5,8-14H2,(H,21,25). The van der Waals surface area contributed by atoms with Gasteiger partial charge in [-0.2, -0.15) is 0 Å². The van der Waals surface area contributed by atoms with Crippen LogP contribution in [0.5, 0.6) is 0 Å². The van der Waals surface area contributed by atoms with E-state index in [1.54, 1.807) is 0 Å². The van der Waals surface area contributed by atoms with Gasteiger partial charge in [0.2, 0.25) is 11.8 Å². The number of alkyl halides is 1. The first-order valence-electron chi connectivity index (χ1n) is 8.94. The maximum Gasteiger partial charge on any atom is 0.308 e. The molecule has 2 rings (SSSR count). The number of ether oxygens (including phenoxy) is 1. The Labute approximate surface area is 158 Å². The second-order valence-electron chi connectivity index (χ2n) is 6.20. The zero-order valence-corrected chi connectivity index (χ0v) is 15.5. The lowest BCUT2D eigenvalue weighted by molar-refractivity contribution is -0.152. The predicted octanol–water partition coefficient (Wildman–Crippen LogP) is 1.90. The summed E-state index contributed by atoms with van der Waals surface area (Å²) in [6.45, 7) is 1.09. The number of amides is 2. The summed E-state index contributed by atoms with van der Waals surface area (Å²) in [4.78, 5) is 37.9. The van der Waals surface area contributed by atoms with E-state index in [1.807, 2.05) is 30.3 Å².